The zero-order valence-electron chi connectivity index (χ0n) is 12.1. The van der Waals surface area contributed by atoms with Crippen LogP contribution in [0.4, 0.5) is 5.95 Å². The molecule has 1 aromatic carbocycles. The number of fused-ring (bicyclic) bond motifs is 1. The van der Waals surface area contributed by atoms with Crippen molar-refractivity contribution in [2.45, 2.75) is 33.2 Å². The first-order chi connectivity index (χ1) is 9.76. The van der Waals surface area contributed by atoms with Gasteiger partial charge in [0.1, 0.15) is 0 Å². The molecule has 2 aromatic rings. The zero-order chi connectivity index (χ0) is 14.4. The SMILES string of the molecule is CCCNc1nc2ccccc2n1CCC(=O)OCC. The van der Waals surface area contributed by atoms with Crippen molar-refractivity contribution in [3.63, 3.8) is 0 Å². The molecule has 5 nitrogen and oxygen atoms in total. The Morgan fingerprint density at radius 1 is 1.35 bits per heavy atom. The van der Waals surface area contributed by atoms with Crippen LogP contribution in [0.5, 0.6) is 0 Å². The summed E-state index contributed by atoms with van der Waals surface area (Å²) in [7, 11) is 0. The Bertz CT molecular complexity index is 578. The maximum absolute atomic E-state index is 11.5. The Balaban J connectivity index is 2.21. The molecule has 0 spiro atoms. The van der Waals surface area contributed by atoms with Crippen LogP contribution in [0.15, 0.2) is 24.3 Å². The minimum atomic E-state index is -0.174. The minimum absolute atomic E-state index is 0.174. The Morgan fingerprint density at radius 2 is 2.15 bits per heavy atom. The van der Waals surface area contributed by atoms with Gasteiger partial charge < -0.3 is 14.6 Å². The second-order valence-corrected chi connectivity index (χ2v) is 4.56. The van der Waals surface area contributed by atoms with Crippen molar-refractivity contribution in [3.8, 4) is 0 Å². The van der Waals surface area contributed by atoms with Crippen molar-refractivity contribution < 1.29 is 9.53 Å². The molecule has 20 heavy (non-hydrogen) atoms. The van der Waals surface area contributed by atoms with Crippen LogP contribution in [-0.4, -0.2) is 28.7 Å². The predicted octanol–water partition coefficient (Wildman–Crippen LogP) is 2.81. The number of carbonyl (C=O) groups is 1. The van der Waals surface area contributed by atoms with Crippen LogP contribution in [0.1, 0.15) is 26.7 Å². The van der Waals surface area contributed by atoms with Crippen LogP contribution in [-0.2, 0) is 16.1 Å². The molecule has 0 bridgehead atoms. The van der Waals surface area contributed by atoms with Crippen molar-refractivity contribution in [1.82, 2.24) is 9.55 Å². The molecule has 5 heteroatoms. The van der Waals surface area contributed by atoms with Crippen molar-refractivity contribution in [2.75, 3.05) is 18.5 Å². The van der Waals surface area contributed by atoms with Gasteiger partial charge in [-0.3, -0.25) is 4.79 Å². The summed E-state index contributed by atoms with van der Waals surface area (Å²) in [6, 6.07) is 7.95. The molecule has 0 fully saturated rings. The molecule has 0 aliphatic rings. The van der Waals surface area contributed by atoms with Gasteiger partial charge in [-0.25, -0.2) is 4.98 Å². The number of ether oxygens (including phenoxy) is 1. The van der Waals surface area contributed by atoms with E-state index in [1.807, 2.05) is 35.8 Å². The van der Waals surface area contributed by atoms with E-state index in [1.54, 1.807) is 0 Å². The highest BCUT2D eigenvalue weighted by molar-refractivity contribution is 5.79. The second kappa shape index (κ2) is 6.93. The molecule has 0 atom stereocenters. The number of nitrogens with one attached hydrogen (secondary N) is 1. The minimum Gasteiger partial charge on any atom is -0.466 e. The smallest absolute Gasteiger partial charge is 0.307 e. The molecule has 0 aliphatic heterocycles. The summed E-state index contributed by atoms with van der Waals surface area (Å²) in [5.41, 5.74) is 1.98. The van der Waals surface area contributed by atoms with Crippen molar-refractivity contribution in [3.05, 3.63) is 24.3 Å². The normalized spacial score (nSPS) is 10.7. The fraction of sp³-hybridized carbons (Fsp3) is 0.467. The van der Waals surface area contributed by atoms with Crippen molar-refractivity contribution >= 4 is 23.0 Å². The molecular formula is C15H21N3O2. The number of nitrogens with zero attached hydrogens (tertiary/aromatic N) is 2. The molecule has 2 rings (SSSR count). The average molecular weight is 275 g/mol. The monoisotopic (exact) mass is 275 g/mol. The maximum Gasteiger partial charge on any atom is 0.307 e. The van der Waals surface area contributed by atoms with Gasteiger partial charge in [0.15, 0.2) is 0 Å². The quantitative estimate of drug-likeness (QED) is 0.789. The lowest BCUT2D eigenvalue weighted by molar-refractivity contribution is -0.143. The third kappa shape index (κ3) is 3.29. The molecule has 0 unspecified atom stereocenters. The number of hydrogen-bond donors (Lipinski definition) is 1. The molecule has 1 heterocycles. The molecule has 0 saturated heterocycles. The van der Waals surface area contributed by atoms with E-state index in [9.17, 15) is 4.79 Å². The molecule has 0 radical (unpaired) electrons. The van der Waals surface area contributed by atoms with E-state index in [0.717, 1.165) is 29.9 Å². The standard InChI is InChI=1S/C15H21N3O2/c1-3-10-16-15-17-12-7-5-6-8-13(12)18(15)11-9-14(19)20-4-2/h5-8H,3-4,9-11H2,1-2H3,(H,16,17). The first kappa shape index (κ1) is 14.4. The summed E-state index contributed by atoms with van der Waals surface area (Å²) >= 11 is 0. The van der Waals surface area contributed by atoms with Crippen LogP contribution in [0.2, 0.25) is 0 Å². The number of aryl methyl sites for hydroxylation is 1. The van der Waals surface area contributed by atoms with Gasteiger partial charge in [-0.2, -0.15) is 0 Å². The second-order valence-electron chi connectivity index (χ2n) is 4.56. The number of aromatic nitrogens is 2. The largest absolute Gasteiger partial charge is 0.466 e. The lowest BCUT2D eigenvalue weighted by Gasteiger charge is -2.09. The summed E-state index contributed by atoms with van der Waals surface area (Å²) in [5.74, 6) is 0.643. The number of hydrogen-bond acceptors (Lipinski definition) is 4. The number of esters is 1. The van der Waals surface area contributed by atoms with Crippen LogP contribution in [0.3, 0.4) is 0 Å². The topological polar surface area (TPSA) is 56.2 Å². The Hall–Kier alpha value is -2.04. The van der Waals surface area contributed by atoms with Gasteiger partial charge in [0.05, 0.1) is 24.1 Å². The summed E-state index contributed by atoms with van der Waals surface area (Å²) < 4.78 is 7.02. The number of rotatable bonds is 7. The first-order valence-corrected chi connectivity index (χ1v) is 7.11. The van der Waals surface area contributed by atoms with Crippen LogP contribution < -0.4 is 5.32 Å². The highest BCUT2D eigenvalue weighted by atomic mass is 16.5. The van der Waals surface area contributed by atoms with E-state index in [2.05, 4.69) is 17.2 Å². The van der Waals surface area contributed by atoms with E-state index in [-0.39, 0.29) is 5.97 Å². The van der Waals surface area contributed by atoms with Gasteiger partial charge in [-0.1, -0.05) is 19.1 Å². The number of anilines is 1. The van der Waals surface area contributed by atoms with Gasteiger partial charge in [0.25, 0.3) is 0 Å². The first-order valence-electron chi connectivity index (χ1n) is 7.11. The van der Waals surface area contributed by atoms with E-state index >= 15 is 0 Å². The van der Waals surface area contributed by atoms with Crippen LogP contribution in [0.25, 0.3) is 11.0 Å². The number of benzene rings is 1. The molecule has 0 aliphatic carbocycles. The molecular weight excluding hydrogens is 254 g/mol. The Kier molecular flexibility index (Phi) is 4.98. The fourth-order valence-corrected chi connectivity index (χ4v) is 2.11. The van der Waals surface area contributed by atoms with E-state index in [0.29, 0.717) is 19.6 Å². The average Bonchev–Trinajstić information content (AvgIpc) is 2.81. The van der Waals surface area contributed by atoms with E-state index in [4.69, 9.17) is 4.74 Å². The van der Waals surface area contributed by atoms with Crippen molar-refractivity contribution in [1.29, 1.82) is 0 Å². The predicted molar refractivity (Wildman–Crippen MR) is 79.8 cm³/mol. The number of imidazole rings is 1. The summed E-state index contributed by atoms with van der Waals surface area (Å²) in [6.45, 7) is 5.79. The number of para-hydroxylation sites is 2. The third-order valence-electron chi connectivity index (χ3n) is 3.03. The van der Waals surface area contributed by atoms with Gasteiger partial charge in [-0.05, 0) is 25.5 Å². The third-order valence-corrected chi connectivity index (χ3v) is 3.03. The Morgan fingerprint density at radius 3 is 2.90 bits per heavy atom. The van der Waals surface area contributed by atoms with Crippen molar-refractivity contribution in [2.24, 2.45) is 0 Å². The molecule has 0 saturated carbocycles. The fourth-order valence-electron chi connectivity index (χ4n) is 2.11. The summed E-state index contributed by atoms with van der Waals surface area (Å²) in [5, 5.41) is 3.31. The van der Waals surface area contributed by atoms with Gasteiger partial charge >= 0.3 is 5.97 Å². The molecule has 0 amide bonds. The lowest BCUT2D eigenvalue weighted by atomic mass is 10.3. The van der Waals surface area contributed by atoms with Gasteiger partial charge in [0, 0.05) is 13.1 Å². The van der Waals surface area contributed by atoms with Crippen LogP contribution >= 0.6 is 0 Å². The maximum atomic E-state index is 11.5. The molecule has 1 aromatic heterocycles. The summed E-state index contributed by atoms with van der Waals surface area (Å²) in [6.07, 6.45) is 1.39. The van der Waals surface area contributed by atoms with E-state index in [1.165, 1.54) is 0 Å². The zero-order valence-corrected chi connectivity index (χ0v) is 12.1. The number of carbonyl (C=O) groups excluding carboxylic acids is 1. The Labute approximate surface area is 118 Å². The summed E-state index contributed by atoms with van der Waals surface area (Å²) in [4.78, 5) is 16.1. The molecule has 108 valence electrons. The molecule has 1 N–H and O–H groups in total. The van der Waals surface area contributed by atoms with E-state index < -0.39 is 0 Å². The van der Waals surface area contributed by atoms with Gasteiger partial charge in [-0.15, -0.1) is 0 Å². The highest BCUT2D eigenvalue weighted by Crippen LogP contribution is 2.20. The highest BCUT2D eigenvalue weighted by Gasteiger charge is 2.11. The lowest BCUT2D eigenvalue weighted by Crippen LogP contribution is -2.12. The van der Waals surface area contributed by atoms with Gasteiger partial charge in [0.2, 0.25) is 5.95 Å². The van der Waals surface area contributed by atoms with Crippen LogP contribution in [0, 0.1) is 0 Å².